The minimum absolute atomic E-state index is 0.0464. The number of aromatic nitrogens is 3. The fourth-order valence-corrected chi connectivity index (χ4v) is 4.09. The van der Waals surface area contributed by atoms with Gasteiger partial charge in [-0.05, 0) is 49.2 Å². The molecule has 0 spiro atoms. The maximum Gasteiger partial charge on any atom is 0.245 e. The van der Waals surface area contributed by atoms with Crippen molar-refractivity contribution in [2.75, 3.05) is 0 Å². The van der Waals surface area contributed by atoms with Gasteiger partial charge < -0.3 is 5.32 Å². The van der Waals surface area contributed by atoms with Gasteiger partial charge in [0.25, 0.3) is 0 Å². The molecular formula is C17H20N4OS2. The second-order valence-electron chi connectivity index (χ2n) is 5.82. The number of carbonyl (C=O) groups is 1. The van der Waals surface area contributed by atoms with E-state index in [2.05, 4.69) is 32.2 Å². The molecule has 1 N–H and O–H groups in total. The summed E-state index contributed by atoms with van der Waals surface area (Å²) in [6.45, 7) is 5.78. The molecule has 0 radical (unpaired) electrons. The molecule has 0 unspecified atom stereocenters. The average molecular weight is 361 g/mol. The van der Waals surface area contributed by atoms with Crippen molar-refractivity contribution in [2.45, 2.75) is 39.3 Å². The fourth-order valence-electron chi connectivity index (χ4n) is 2.57. The van der Waals surface area contributed by atoms with E-state index >= 15 is 0 Å². The molecule has 0 aromatic carbocycles. The van der Waals surface area contributed by atoms with Crippen molar-refractivity contribution in [3.8, 4) is 0 Å². The predicted octanol–water partition coefficient (Wildman–Crippen LogP) is 3.68. The van der Waals surface area contributed by atoms with Crippen molar-refractivity contribution in [3.05, 3.63) is 56.4 Å². The summed E-state index contributed by atoms with van der Waals surface area (Å²) < 4.78 is 1.74. The molecule has 2 atom stereocenters. The summed E-state index contributed by atoms with van der Waals surface area (Å²) in [7, 11) is 0. The standard InChI is InChI=1S/C17H20N4OS2/c1-11-9-24-17(19-11)15(8-14-5-7-23-10-14)20-16(22)13(3)21-12(2)4-6-18-21/h4-7,9-10,13,15H,8H2,1-3H3,(H,20,22)/t13-,15+/m1/s1. The summed E-state index contributed by atoms with van der Waals surface area (Å²) in [5.74, 6) is -0.0464. The van der Waals surface area contributed by atoms with E-state index in [1.165, 1.54) is 5.56 Å². The zero-order valence-electron chi connectivity index (χ0n) is 13.9. The van der Waals surface area contributed by atoms with Gasteiger partial charge in [-0.25, -0.2) is 4.98 Å². The Labute approximate surface area is 149 Å². The van der Waals surface area contributed by atoms with E-state index in [0.29, 0.717) is 0 Å². The van der Waals surface area contributed by atoms with Gasteiger partial charge in [0, 0.05) is 29.4 Å². The topological polar surface area (TPSA) is 59.8 Å². The van der Waals surface area contributed by atoms with Crippen LogP contribution in [0.2, 0.25) is 0 Å². The molecule has 0 aliphatic heterocycles. The number of rotatable bonds is 6. The number of thiazole rings is 1. The zero-order valence-corrected chi connectivity index (χ0v) is 15.5. The van der Waals surface area contributed by atoms with E-state index in [9.17, 15) is 4.79 Å². The molecule has 0 aliphatic rings. The maximum absolute atomic E-state index is 12.7. The van der Waals surface area contributed by atoms with Gasteiger partial charge in [-0.3, -0.25) is 9.48 Å². The van der Waals surface area contributed by atoms with Crippen molar-refractivity contribution in [2.24, 2.45) is 0 Å². The maximum atomic E-state index is 12.7. The van der Waals surface area contributed by atoms with Gasteiger partial charge >= 0.3 is 0 Å². The van der Waals surface area contributed by atoms with Crippen LogP contribution >= 0.6 is 22.7 Å². The second-order valence-corrected chi connectivity index (χ2v) is 7.49. The highest BCUT2D eigenvalue weighted by Gasteiger charge is 2.23. The first-order valence-electron chi connectivity index (χ1n) is 7.78. The first-order valence-corrected chi connectivity index (χ1v) is 9.60. The number of nitrogens with one attached hydrogen (secondary N) is 1. The number of amides is 1. The molecule has 3 aromatic rings. The Hall–Kier alpha value is -1.99. The Morgan fingerprint density at radius 2 is 2.17 bits per heavy atom. The van der Waals surface area contributed by atoms with Gasteiger partial charge in [0.2, 0.25) is 5.91 Å². The highest BCUT2D eigenvalue weighted by Crippen LogP contribution is 2.24. The number of hydrogen-bond acceptors (Lipinski definition) is 5. The highest BCUT2D eigenvalue weighted by atomic mass is 32.1. The SMILES string of the molecule is Cc1csc([C@H](Cc2ccsc2)NC(=O)[C@@H](C)n2nccc2C)n1. The van der Waals surface area contributed by atoms with Gasteiger partial charge in [-0.2, -0.15) is 16.4 Å². The van der Waals surface area contributed by atoms with E-state index in [1.54, 1.807) is 33.6 Å². The van der Waals surface area contributed by atoms with Crippen LogP contribution in [-0.2, 0) is 11.2 Å². The van der Waals surface area contributed by atoms with Crippen molar-refractivity contribution in [3.63, 3.8) is 0 Å². The first-order chi connectivity index (χ1) is 11.5. The lowest BCUT2D eigenvalue weighted by Gasteiger charge is -2.20. The lowest BCUT2D eigenvalue weighted by molar-refractivity contribution is -0.125. The molecule has 7 heteroatoms. The molecule has 3 aromatic heterocycles. The summed E-state index contributed by atoms with van der Waals surface area (Å²) in [6, 6.07) is 3.51. The Balaban J connectivity index is 1.78. The molecule has 3 heterocycles. The molecule has 0 saturated carbocycles. The van der Waals surface area contributed by atoms with E-state index in [0.717, 1.165) is 22.8 Å². The Morgan fingerprint density at radius 3 is 2.75 bits per heavy atom. The Kier molecular flexibility index (Phi) is 5.11. The minimum atomic E-state index is -0.356. The molecule has 5 nitrogen and oxygen atoms in total. The fraction of sp³-hybridized carbons (Fsp3) is 0.353. The third-order valence-corrected chi connectivity index (χ3v) is 5.69. The monoisotopic (exact) mass is 360 g/mol. The molecule has 126 valence electrons. The van der Waals surface area contributed by atoms with E-state index < -0.39 is 0 Å². The van der Waals surface area contributed by atoms with E-state index in [-0.39, 0.29) is 18.0 Å². The summed E-state index contributed by atoms with van der Waals surface area (Å²) >= 11 is 3.25. The van der Waals surface area contributed by atoms with Gasteiger partial charge in [-0.1, -0.05) is 0 Å². The molecule has 24 heavy (non-hydrogen) atoms. The van der Waals surface area contributed by atoms with Gasteiger partial charge in [-0.15, -0.1) is 11.3 Å². The van der Waals surface area contributed by atoms with Crippen LogP contribution in [0.5, 0.6) is 0 Å². The van der Waals surface area contributed by atoms with Gasteiger partial charge in [0.1, 0.15) is 11.0 Å². The minimum Gasteiger partial charge on any atom is -0.345 e. The lowest BCUT2D eigenvalue weighted by Crippen LogP contribution is -2.35. The molecular weight excluding hydrogens is 340 g/mol. The molecule has 0 bridgehead atoms. The van der Waals surface area contributed by atoms with Crippen LogP contribution in [0.3, 0.4) is 0 Å². The summed E-state index contributed by atoms with van der Waals surface area (Å²) in [6.07, 6.45) is 2.46. The number of nitrogens with zero attached hydrogens (tertiary/aromatic N) is 3. The zero-order chi connectivity index (χ0) is 17.1. The van der Waals surface area contributed by atoms with Crippen molar-refractivity contribution in [1.29, 1.82) is 0 Å². The summed E-state index contributed by atoms with van der Waals surface area (Å²) in [4.78, 5) is 17.3. The van der Waals surface area contributed by atoms with Crippen LogP contribution in [0.1, 0.15) is 41.0 Å². The number of aryl methyl sites for hydroxylation is 2. The highest BCUT2D eigenvalue weighted by molar-refractivity contribution is 7.09. The molecule has 3 rings (SSSR count). The van der Waals surface area contributed by atoms with E-state index in [1.807, 2.05) is 32.2 Å². The Bertz CT molecular complexity index is 806. The molecule has 1 amide bonds. The van der Waals surface area contributed by atoms with Crippen LogP contribution in [0.25, 0.3) is 0 Å². The molecule has 0 fully saturated rings. The summed E-state index contributed by atoms with van der Waals surface area (Å²) in [5, 5.41) is 14.5. The molecule has 0 aliphatic carbocycles. The number of carbonyl (C=O) groups excluding carboxylic acids is 1. The quantitative estimate of drug-likeness (QED) is 0.729. The van der Waals surface area contributed by atoms with Crippen LogP contribution < -0.4 is 5.32 Å². The Morgan fingerprint density at radius 1 is 1.33 bits per heavy atom. The van der Waals surface area contributed by atoms with Gasteiger partial charge in [0.15, 0.2) is 0 Å². The second kappa shape index (κ2) is 7.27. The van der Waals surface area contributed by atoms with Crippen LogP contribution in [-0.4, -0.2) is 20.7 Å². The normalized spacial score (nSPS) is 13.6. The van der Waals surface area contributed by atoms with Crippen molar-refractivity contribution < 1.29 is 4.79 Å². The van der Waals surface area contributed by atoms with Crippen LogP contribution in [0, 0.1) is 13.8 Å². The summed E-state index contributed by atoms with van der Waals surface area (Å²) in [5.41, 5.74) is 3.16. The van der Waals surface area contributed by atoms with Crippen molar-refractivity contribution in [1.82, 2.24) is 20.1 Å². The lowest BCUT2D eigenvalue weighted by atomic mass is 10.1. The van der Waals surface area contributed by atoms with Crippen LogP contribution in [0.15, 0.2) is 34.5 Å². The van der Waals surface area contributed by atoms with Gasteiger partial charge in [0.05, 0.1) is 6.04 Å². The third-order valence-electron chi connectivity index (χ3n) is 3.89. The average Bonchev–Trinajstić information content (AvgIpc) is 3.28. The van der Waals surface area contributed by atoms with E-state index in [4.69, 9.17) is 0 Å². The van der Waals surface area contributed by atoms with Crippen LogP contribution in [0.4, 0.5) is 0 Å². The first kappa shape index (κ1) is 16.9. The largest absolute Gasteiger partial charge is 0.345 e. The third kappa shape index (κ3) is 3.73. The van der Waals surface area contributed by atoms with Crippen molar-refractivity contribution >= 4 is 28.6 Å². The predicted molar refractivity (Wildman–Crippen MR) is 97.4 cm³/mol. The molecule has 0 saturated heterocycles. The smallest absolute Gasteiger partial charge is 0.245 e. The number of hydrogen-bond donors (Lipinski definition) is 1. The number of thiophene rings is 1.